The largest absolute Gasteiger partial charge is 0.460 e. The van der Waals surface area contributed by atoms with Crippen LogP contribution in [0.3, 0.4) is 0 Å². The maximum atomic E-state index is 12.8. The van der Waals surface area contributed by atoms with E-state index in [0.717, 1.165) is 14.6 Å². The van der Waals surface area contributed by atoms with Gasteiger partial charge in [-0.25, -0.2) is 4.98 Å². The summed E-state index contributed by atoms with van der Waals surface area (Å²) < 4.78 is 24.3. The number of benzene rings is 1. The molecule has 1 saturated heterocycles. The highest BCUT2D eigenvalue weighted by molar-refractivity contribution is 8.01. The van der Waals surface area contributed by atoms with Crippen molar-refractivity contribution in [3.8, 4) is 18.0 Å². The number of hydrogen-bond acceptors (Lipinski definition) is 11. The average Bonchev–Trinajstić information content (AvgIpc) is 3.31. The van der Waals surface area contributed by atoms with Crippen LogP contribution in [-0.4, -0.2) is 82.1 Å². The van der Waals surface area contributed by atoms with Gasteiger partial charge >= 0.3 is 18.0 Å². The van der Waals surface area contributed by atoms with Gasteiger partial charge in [0, 0.05) is 6.54 Å². The Hall–Kier alpha value is -3.22. The molecular formula is C23H25N5O5S2. The molecule has 0 radical (unpaired) electrons. The molecule has 1 aliphatic heterocycles. The van der Waals surface area contributed by atoms with Crippen molar-refractivity contribution in [2.24, 2.45) is 0 Å². The smallest absolute Gasteiger partial charge is 0.326 e. The zero-order valence-corrected chi connectivity index (χ0v) is 20.6. The van der Waals surface area contributed by atoms with Crippen LogP contribution in [0.25, 0.3) is 10.2 Å². The highest BCUT2D eigenvalue weighted by atomic mass is 32.2. The topological polar surface area (TPSA) is 109 Å². The van der Waals surface area contributed by atoms with Crippen LogP contribution in [0.5, 0.6) is 18.0 Å². The lowest BCUT2D eigenvalue weighted by Crippen LogP contribution is -2.48. The Bertz CT molecular complexity index is 1110. The summed E-state index contributed by atoms with van der Waals surface area (Å²) in [6, 6.07) is 8.10. The Morgan fingerprint density at radius 2 is 1.77 bits per heavy atom. The fraction of sp³-hybridized carbons (Fsp3) is 0.348. The molecule has 1 atom stereocenters. The predicted molar refractivity (Wildman–Crippen MR) is 133 cm³/mol. The monoisotopic (exact) mass is 515 g/mol. The van der Waals surface area contributed by atoms with Crippen LogP contribution < -0.4 is 14.2 Å². The second kappa shape index (κ2) is 12.5. The minimum Gasteiger partial charge on any atom is -0.460 e. The SMILES string of the molecule is C=CCOc1nc(OCC=C)nc(OCC2CN(C(=O)CSc3nc4ccccc4s3)CCO2)n1. The quantitative estimate of drug-likeness (QED) is 0.264. The van der Waals surface area contributed by atoms with E-state index in [2.05, 4.69) is 33.1 Å². The van der Waals surface area contributed by atoms with Crippen LogP contribution in [0.15, 0.2) is 53.9 Å². The summed E-state index contributed by atoms with van der Waals surface area (Å²) in [7, 11) is 0. The molecule has 1 amide bonds. The fourth-order valence-corrected chi connectivity index (χ4v) is 5.09. The van der Waals surface area contributed by atoms with E-state index in [1.54, 1.807) is 28.4 Å². The van der Waals surface area contributed by atoms with Gasteiger partial charge in [-0.2, -0.15) is 0 Å². The third-order valence-corrected chi connectivity index (χ3v) is 6.88. The molecule has 1 aromatic carbocycles. The maximum Gasteiger partial charge on any atom is 0.326 e. The third-order valence-electron chi connectivity index (χ3n) is 4.72. The van der Waals surface area contributed by atoms with Crippen molar-refractivity contribution in [1.29, 1.82) is 0 Å². The Balaban J connectivity index is 1.30. The molecule has 0 spiro atoms. The number of thiazole rings is 1. The van der Waals surface area contributed by atoms with Crippen LogP contribution in [0, 0.1) is 0 Å². The van der Waals surface area contributed by atoms with Gasteiger partial charge in [-0.1, -0.05) is 49.2 Å². The minimum absolute atomic E-state index is 0.0305. The molecule has 2 aromatic heterocycles. The molecule has 3 aromatic rings. The maximum absolute atomic E-state index is 12.8. The van der Waals surface area contributed by atoms with Gasteiger partial charge in [-0.05, 0) is 12.1 Å². The number of aromatic nitrogens is 4. The summed E-state index contributed by atoms with van der Waals surface area (Å²) in [6.45, 7) is 9.17. The van der Waals surface area contributed by atoms with E-state index in [-0.39, 0.29) is 49.9 Å². The Morgan fingerprint density at radius 1 is 1.09 bits per heavy atom. The molecule has 3 heterocycles. The standard InChI is InChI=1S/C23H25N5O5S2/c1-3-10-31-20-25-21(32-11-4-2)27-22(26-20)33-14-16-13-28(9-12-30-16)19(29)15-34-23-24-17-7-5-6-8-18(17)35-23/h3-8,16H,1-2,9-15H2. The molecule has 0 N–H and O–H groups in total. The molecule has 0 saturated carbocycles. The second-order valence-electron chi connectivity index (χ2n) is 7.26. The molecule has 12 heteroatoms. The summed E-state index contributed by atoms with van der Waals surface area (Å²) in [4.78, 5) is 31.5. The summed E-state index contributed by atoms with van der Waals surface area (Å²) in [6.07, 6.45) is 2.82. The summed E-state index contributed by atoms with van der Waals surface area (Å²) in [5.74, 6) is 0.345. The van der Waals surface area contributed by atoms with Crippen LogP contribution in [0.1, 0.15) is 0 Å². The number of rotatable bonds is 12. The Labute approximate surface area is 211 Å². The van der Waals surface area contributed by atoms with Crippen molar-refractivity contribution in [2.45, 2.75) is 10.4 Å². The Morgan fingerprint density at radius 3 is 2.46 bits per heavy atom. The first-order valence-corrected chi connectivity index (χ1v) is 12.7. The van der Waals surface area contributed by atoms with E-state index in [4.69, 9.17) is 18.9 Å². The molecule has 4 rings (SSSR count). The number of hydrogen-bond donors (Lipinski definition) is 0. The van der Waals surface area contributed by atoms with Gasteiger partial charge in [-0.15, -0.1) is 26.3 Å². The van der Waals surface area contributed by atoms with Crippen molar-refractivity contribution in [1.82, 2.24) is 24.8 Å². The van der Waals surface area contributed by atoms with Gasteiger partial charge < -0.3 is 23.8 Å². The van der Waals surface area contributed by atoms with Crippen molar-refractivity contribution < 1.29 is 23.7 Å². The van der Waals surface area contributed by atoms with Gasteiger partial charge in [0.15, 0.2) is 4.34 Å². The molecule has 35 heavy (non-hydrogen) atoms. The van der Waals surface area contributed by atoms with E-state index in [9.17, 15) is 4.79 Å². The lowest BCUT2D eigenvalue weighted by Gasteiger charge is -2.32. The summed E-state index contributed by atoms with van der Waals surface area (Å²) >= 11 is 3.04. The number of ether oxygens (including phenoxy) is 4. The summed E-state index contributed by atoms with van der Waals surface area (Å²) in [5, 5.41) is 0. The van der Waals surface area contributed by atoms with Crippen LogP contribution >= 0.6 is 23.1 Å². The number of fused-ring (bicyclic) bond motifs is 1. The van der Waals surface area contributed by atoms with Gasteiger partial charge in [-0.3, -0.25) is 4.79 Å². The zero-order chi connectivity index (χ0) is 24.5. The highest BCUT2D eigenvalue weighted by Gasteiger charge is 2.25. The van der Waals surface area contributed by atoms with E-state index in [0.29, 0.717) is 25.4 Å². The zero-order valence-electron chi connectivity index (χ0n) is 19.0. The van der Waals surface area contributed by atoms with Crippen molar-refractivity contribution >= 4 is 39.2 Å². The molecule has 1 aliphatic rings. The van der Waals surface area contributed by atoms with E-state index >= 15 is 0 Å². The van der Waals surface area contributed by atoms with Gasteiger partial charge in [0.1, 0.15) is 25.9 Å². The normalized spacial score (nSPS) is 15.5. The summed E-state index contributed by atoms with van der Waals surface area (Å²) in [5.41, 5.74) is 0.950. The third kappa shape index (κ3) is 7.13. The molecule has 184 valence electrons. The molecule has 10 nitrogen and oxygen atoms in total. The van der Waals surface area contributed by atoms with E-state index < -0.39 is 0 Å². The first-order chi connectivity index (χ1) is 17.1. The van der Waals surface area contributed by atoms with Crippen molar-refractivity contribution in [3.05, 3.63) is 49.6 Å². The van der Waals surface area contributed by atoms with Crippen LogP contribution in [0.4, 0.5) is 0 Å². The molecular weight excluding hydrogens is 490 g/mol. The van der Waals surface area contributed by atoms with Crippen molar-refractivity contribution in [2.75, 3.05) is 45.3 Å². The number of carbonyl (C=O) groups excluding carboxylic acids is 1. The van der Waals surface area contributed by atoms with Crippen molar-refractivity contribution in [3.63, 3.8) is 0 Å². The highest BCUT2D eigenvalue weighted by Crippen LogP contribution is 2.29. The first-order valence-electron chi connectivity index (χ1n) is 10.9. The number of carbonyl (C=O) groups is 1. The lowest BCUT2D eigenvalue weighted by molar-refractivity contribution is -0.137. The number of thioether (sulfide) groups is 1. The minimum atomic E-state index is -0.327. The molecule has 0 bridgehead atoms. The Kier molecular flexibility index (Phi) is 8.87. The second-order valence-corrected chi connectivity index (χ2v) is 9.52. The lowest BCUT2D eigenvalue weighted by atomic mass is 10.3. The van der Waals surface area contributed by atoms with Gasteiger partial charge in [0.05, 0.1) is 29.1 Å². The van der Waals surface area contributed by atoms with E-state index in [1.807, 2.05) is 24.3 Å². The van der Waals surface area contributed by atoms with Crippen LogP contribution in [-0.2, 0) is 9.53 Å². The number of para-hydroxylation sites is 1. The van der Waals surface area contributed by atoms with Gasteiger partial charge in [0.25, 0.3) is 0 Å². The fourth-order valence-electron chi connectivity index (χ4n) is 3.12. The van der Waals surface area contributed by atoms with Gasteiger partial charge in [0.2, 0.25) is 5.91 Å². The predicted octanol–water partition coefficient (Wildman–Crippen LogP) is 3.01. The molecule has 1 unspecified atom stereocenters. The van der Waals surface area contributed by atoms with Crippen LogP contribution in [0.2, 0.25) is 0 Å². The molecule has 1 fully saturated rings. The number of nitrogens with zero attached hydrogens (tertiary/aromatic N) is 5. The first kappa shape index (κ1) is 24.9. The number of morpholine rings is 1. The average molecular weight is 516 g/mol. The molecule has 0 aliphatic carbocycles. The van der Waals surface area contributed by atoms with E-state index in [1.165, 1.54) is 11.8 Å². The number of amides is 1.